The Kier molecular flexibility index (Phi) is 4.15. The maximum absolute atomic E-state index is 10.8. The zero-order valence-electron chi connectivity index (χ0n) is 10.9. The van der Waals surface area contributed by atoms with Gasteiger partial charge in [-0.05, 0) is 30.7 Å². The topological polar surface area (TPSA) is 23.6 Å². The molecule has 3 nitrogen and oxygen atoms in total. The van der Waals surface area contributed by atoms with Crippen molar-refractivity contribution in [1.29, 1.82) is 0 Å². The Balaban J connectivity index is 2.03. The van der Waals surface area contributed by atoms with E-state index in [1.54, 1.807) is 0 Å². The van der Waals surface area contributed by atoms with Crippen molar-refractivity contribution >= 4 is 12.0 Å². The highest BCUT2D eigenvalue weighted by Crippen LogP contribution is 2.19. The van der Waals surface area contributed by atoms with E-state index in [1.165, 1.54) is 5.69 Å². The zero-order chi connectivity index (χ0) is 13.0. The molecule has 0 bridgehead atoms. The highest BCUT2D eigenvalue weighted by molar-refractivity contribution is 5.78. The van der Waals surface area contributed by atoms with Crippen LogP contribution in [0.25, 0.3) is 0 Å². The van der Waals surface area contributed by atoms with Crippen LogP contribution in [0, 0.1) is 6.92 Å². The second kappa shape index (κ2) is 5.83. The van der Waals surface area contributed by atoms with Crippen LogP contribution in [0.2, 0.25) is 0 Å². The smallest absolute Gasteiger partial charge is 0.150 e. The molecule has 1 fully saturated rings. The Morgan fingerprint density at radius 3 is 2.56 bits per heavy atom. The summed E-state index contributed by atoms with van der Waals surface area (Å²) in [4.78, 5) is 15.6. The van der Waals surface area contributed by atoms with E-state index >= 15 is 0 Å². The lowest BCUT2D eigenvalue weighted by Crippen LogP contribution is -2.46. The molecule has 18 heavy (non-hydrogen) atoms. The number of aryl methyl sites for hydroxylation is 1. The van der Waals surface area contributed by atoms with Gasteiger partial charge in [0.2, 0.25) is 0 Å². The van der Waals surface area contributed by atoms with Gasteiger partial charge in [-0.15, -0.1) is 6.58 Å². The van der Waals surface area contributed by atoms with Gasteiger partial charge in [0.25, 0.3) is 0 Å². The number of aldehydes is 1. The normalized spacial score (nSPS) is 16.6. The van der Waals surface area contributed by atoms with E-state index in [0.717, 1.165) is 50.1 Å². The van der Waals surface area contributed by atoms with Crippen molar-refractivity contribution in [1.82, 2.24) is 4.90 Å². The summed E-state index contributed by atoms with van der Waals surface area (Å²) in [5.41, 5.74) is 3.05. The minimum absolute atomic E-state index is 0.782. The standard InChI is InChI=1S/C15H20N2O/c1-3-6-16-7-9-17(10-8-16)15-5-4-14(12-18)13(2)11-15/h3-5,11-12H,1,6-10H2,2H3. The summed E-state index contributed by atoms with van der Waals surface area (Å²) in [5, 5.41) is 0. The number of benzene rings is 1. The number of nitrogens with zero attached hydrogens (tertiary/aromatic N) is 2. The third kappa shape index (κ3) is 2.79. The molecule has 0 spiro atoms. The van der Waals surface area contributed by atoms with Crippen molar-refractivity contribution in [2.45, 2.75) is 6.92 Å². The summed E-state index contributed by atoms with van der Waals surface area (Å²) in [5.74, 6) is 0. The van der Waals surface area contributed by atoms with Crippen LogP contribution in [0.3, 0.4) is 0 Å². The van der Waals surface area contributed by atoms with Gasteiger partial charge < -0.3 is 4.90 Å². The van der Waals surface area contributed by atoms with Crippen LogP contribution < -0.4 is 4.90 Å². The Labute approximate surface area is 109 Å². The van der Waals surface area contributed by atoms with Crippen LogP contribution in [0.5, 0.6) is 0 Å². The minimum atomic E-state index is 0.782. The molecule has 1 aliphatic heterocycles. The molecular weight excluding hydrogens is 224 g/mol. The van der Waals surface area contributed by atoms with Crippen molar-refractivity contribution in [3.05, 3.63) is 42.0 Å². The minimum Gasteiger partial charge on any atom is -0.369 e. The fraction of sp³-hybridized carbons (Fsp3) is 0.400. The fourth-order valence-electron chi connectivity index (χ4n) is 2.36. The number of anilines is 1. The predicted molar refractivity (Wildman–Crippen MR) is 75.4 cm³/mol. The number of carbonyl (C=O) groups is 1. The summed E-state index contributed by atoms with van der Waals surface area (Å²) in [6.45, 7) is 10.9. The van der Waals surface area contributed by atoms with E-state index < -0.39 is 0 Å². The Bertz CT molecular complexity index is 434. The number of piperazine rings is 1. The van der Waals surface area contributed by atoms with Gasteiger partial charge in [0, 0.05) is 44.0 Å². The second-order valence-corrected chi connectivity index (χ2v) is 4.74. The van der Waals surface area contributed by atoms with Gasteiger partial charge >= 0.3 is 0 Å². The molecule has 0 N–H and O–H groups in total. The first-order chi connectivity index (χ1) is 8.74. The largest absolute Gasteiger partial charge is 0.369 e. The predicted octanol–water partition coefficient (Wildman–Crippen LogP) is 2.12. The highest BCUT2D eigenvalue weighted by Gasteiger charge is 2.16. The molecular formula is C15H20N2O. The maximum Gasteiger partial charge on any atom is 0.150 e. The summed E-state index contributed by atoms with van der Waals surface area (Å²) in [7, 11) is 0. The van der Waals surface area contributed by atoms with E-state index in [-0.39, 0.29) is 0 Å². The van der Waals surface area contributed by atoms with Gasteiger partial charge in [-0.2, -0.15) is 0 Å². The Morgan fingerprint density at radius 2 is 2.00 bits per heavy atom. The molecule has 0 radical (unpaired) electrons. The van der Waals surface area contributed by atoms with Crippen molar-refractivity contribution < 1.29 is 4.79 Å². The van der Waals surface area contributed by atoms with Gasteiger partial charge in [-0.25, -0.2) is 0 Å². The first-order valence-electron chi connectivity index (χ1n) is 6.38. The number of hydrogen-bond acceptors (Lipinski definition) is 3. The lowest BCUT2D eigenvalue weighted by atomic mass is 10.1. The van der Waals surface area contributed by atoms with E-state index in [1.807, 2.05) is 25.1 Å². The first-order valence-corrected chi connectivity index (χ1v) is 6.38. The summed E-state index contributed by atoms with van der Waals surface area (Å²) in [6, 6.07) is 6.06. The Hall–Kier alpha value is -1.61. The third-order valence-corrected chi connectivity index (χ3v) is 3.51. The molecule has 0 saturated carbocycles. The summed E-state index contributed by atoms with van der Waals surface area (Å²) in [6.07, 6.45) is 2.87. The molecule has 3 heteroatoms. The molecule has 0 aromatic heterocycles. The van der Waals surface area contributed by atoms with Gasteiger partial charge in [0.05, 0.1) is 0 Å². The van der Waals surface area contributed by atoms with E-state index in [0.29, 0.717) is 0 Å². The lowest BCUT2D eigenvalue weighted by molar-refractivity contribution is 0.112. The molecule has 0 amide bonds. The van der Waals surface area contributed by atoms with Gasteiger partial charge in [-0.1, -0.05) is 6.08 Å². The molecule has 2 rings (SSSR count). The molecule has 0 aliphatic carbocycles. The summed E-state index contributed by atoms with van der Waals surface area (Å²) >= 11 is 0. The fourth-order valence-corrected chi connectivity index (χ4v) is 2.36. The van der Waals surface area contributed by atoms with Crippen molar-refractivity contribution in [2.24, 2.45) is 0 Å². The summed E-state index contributed by atoms with van der Waals surface area (Å²) < 4.78 is 0. The van der Waals surface area contributed by atoms with Crippen LogP contribution >= 0.6 is 0 Å². The SMILES string of the molecule is C=CCN1CCN(c2ccc(C=O)c(C)c2)CC1. The molecule has 1 aromatic carbocycles. The average molecular weight is 244 g/mol. The number of rotatable bonds is 4. The average Bonchev–Trinajstić information content (AvgIpc) is 2.40. The second-order valence-electron chi connectivity index (χ2n) is 4.74. The monoisotopic (exact) mass is 244 g/mol. The third-order valence-electron chi connectivity index (χ3n) is 3.51. The molecule has 96 valence electrons. The molecule has 1 saturated heterocycles. The zero-order valence-corrected chi connectivity index (χ0v) is 10.9. The molecule has 0 atom stereocenters. The van der Waals surface area contributed by atoms with E-state index in [9.17, 15) is 4.79 Å². The van der Waals surface area contributed by atoms with Gasteiger partial charge in [-0.3, -0.25) is 9.69 Å². The lowest BCUT2D eigenvalue weighted by Gasteiger charge is -2.35. The number of carbonyl (C=O) groups excluding carboxylic acids is 1. The van der Waals surface area contributed by atoms with Crippen LogP contribution in [0.15, 0.2) is 30.9 Å². The molecule has 1 aromatic rings. The van der Waals surface area contributed by atoms with Crippen molar-refractivity contribution in [3.8, 4) is 0 Å². The quantitative estimate of drug-likeness (QED) is 0.598. The highest BCUT2D eigenvalue weighted by atomic mass is 16.1. The van der Waals surface area contributed by atoms with Gasteiger partial charge in [0.15, 0.2) is 0 Å². The van der Waals surface area contributed by atoms with Crippen LogP contribution in [-0.2, 0) is 0 Å². The van der Waals surface area contributed by atoms with Crippen LogP contribution in [0.4, 0.5) is 5.69 Å². The Morgan fingerprint density at radius 1 is 1.28 bits per heavy atom. The van der Waals surface area contributed by atoms with Crippen LogP contribution in [0.1, 0.15) is 15.9 Å². The van der Waals surface area contributed by atoms with Crippen LogP contribution in [-0.4, -0.2) is 43.9 Å². The van der Waals surface area contributed by atoms with Crippen molar-refractivity contribution in [3.63, 3.8) is 0 Å². The molecule has 1 aliphatic rings. The van der Waals surface area contributed by atoms with E-state index in [2.05, 4.69) is 22.4 Å². The number of hydrogen-bond donors (Lipinski definition) is 0. The maximum atomic E-state index is 10.8. The van der Waals surface area contributed by atoms with Crippen molar-refractivity contribution in [2.75, 3.05) is 37.6 Å². The first kappa shape index (κ1) is 12.8. The molecule has 0 unspecified atom stereocenters. The molecule has 1 heterocycles. The van der Waals surface area contributed by atoms with Gasteiger partial charge in [0.1, 0.15) is 6.29 Å². The van der Waals surface area contributed by atoms with E-state index in [4.69, 9.17) is 0 Å².